The number of carbonyl (C=O) groups is 1. The molecule has 3 aromatic rings. The molecule has 0 amide bonds. The Morgan fingerprint density at radius 3 is 2.79 bits per heavy atom. The molecule has 0 radical (unpaired) electrons. The van der Waals surface area contributed by atoms with Crippen LogP contribution in [0, 0.1) is 5.82 Å². The Morgan fingerprint density at radius 1 is 1.18 bits per heavy atom. The van der Waals surface area contributed by atoms with Crippen molar-refractivity contribution in [3.63, 3.8) is 0 Å². The van der Waals surface area contributed by atoms with Crippen LogP contribution >= 0.6 is 0 Å². The number of esters is 1. The first-order valence-electron chi connectivity index (χ1n) is 8.24. The second kappa shape index (κ2) is 8.81. The fraction of sp³-hybridized carbons (Fsp3) is 0.150. The van der Waals surface area contributed by atoms with E-state index >= 15 is 0 Å². The average Bonchev–Trinajstić information content (AvgIpc) is 3.19. The van der Waals surface area contributed by atoms with Gasteiger partial charge in [0.15, 0.2) is 6.61 Å². The molecular weight excluding hydrogens is 367 g/mol. The molecule has 144 valence electrons. The Bertz CT molecular complexity index is 1000. The van der Waals surface area contributed by atoms with Gasteiger partial charge in [-0.1, -0.05) is 17.3 Å². The summed E-state index contributed by atoms with van der Waals surface area (Å²) in [6.07, 6.45) is 2.64. The Balaban J connectivity index is 1.63. The van der Waals surface area contributed by atoms with Gasteiger partial charge in [-0.2, -0.15) is 4.98 Å². The molecule has 1 aromatic heterocycles. The highest BCUT2D eigenvalue weighted by Gasteiger charge is 2.15. The van der Waals surface area contributed by atoms with Crippen molar-refractivity contribution < 1.29 is 27.9 Å². The molecule has 8 heteroatoms. The Kier molecular flexibility index (Phi) is 6.01. The highest BCUT2D eigenvalue weighted by Crippen LogP contribution is 2.31. The summed E-state index contributed by atoms with van der Waals surface area (Å²) in [5, 5.41) is 3.87. The predicted molar refractivity (Wildman–Crippen MR) is 98.1 cm³/mol. The number of aromatic nitrogens is 2. The molecule has 0 spiro atoms. The zero-order valence-corrected chi connectivity index (χ0v) is 15.2. The van der Waals surface area contributed by atoms with Gasteiger partial charge in [0, 0.05) is 12.1 Å². The molecule has 2 aromatic carbocycles. The van der Waals surface area contributed by atoms with Gasteiger partial charge in [-0.05, 0) is 35.9 Å². The number of benzene rings is 2. The molecule has 0 bridgehead atoms. The lowest BCUT2D eigenvalue weighted by Crippen LogP contribution is -2.01. The van der Waals surface area contributed by atoms with Crippen LogP contribution in [0.2, 0.25) is 0 Å². The van der Waals surface area contributed by atoms with Gasteiger partial charge >= 0.3 is 5.97 Å². The summed E-state index contributed by atoms with van der Waals surface area (Å²) >= 11 is 0. The number of carbonyl (C=O) groups excluding carboxylic acids is 1. The molecular formula is C20H17FN2O5. The fourth-order valence-corrected chi connectivity index (χ4v) is 2.36. The van der Waals surface area contributed by atoms with E-state index in [-0.39, 0.29) is 18.3 Å². The molecule has 0 fully saturated rings. The van der Waals surface area contributed by atoms with E-state index in [1.165, 1.54) is 31.4 Å². The lowest BCUT2D eigenvalue weighted by molar-refractivity contribution is -0.139. The molecule has 0 aliphatic heterocycles. The summed E-state index contributed by atoms with van der Waals surface area (Å²) in [6.45, 7) is -0.197. The third kappa shape index (κ3) is 4.73. The van der Waals surface area contributed by atoms with Crippen LogP contribution in [0.3, 0.4) is 0 Å². The number of rotatable bonds is 7. The van der Waals surface area contributed by atoms with Crippen LogP contribution in [0.1, 0.15) is 11.5 Å². The maximum absolute atomic E-state index is 13.1. The summed E-state index contributed by atoms with van der Waals surface area (Å²) in [7, 11) is 3.07. The van der Waals surface area contributed by atoms with Gasteiger partial charge in [-0.25, -0.2) is 9.18 Å². The first-order chi connectivity index (χ1) is 13.6. The lowest BCUT2D eigenvalue weighted by atomic mass is 10.2. The van der Waals surface area contributed by atoms with Crippen LogP contribution < -0.4 is 9.47 Å². The summed E-state index contributed by atoms with van der Waals surface area (Å²) in [5.74, 6) is 0.556. The van der Waals surface area contributed by atoms with Crippen LogP contribution in [-0.4, -0.2) is 30.3 Å². The van der Waals surface area contributed by atoms with Gasteiger partial charge < -0.3 is 18.7 Å². The summed E-state index contributed by atoms with van der Waals surface area (Å²) in [5.41, 5.74) is 1.15. The van der Waals surface area contributed by atoms with Crippen LogP contribution in [0.15, 0.2) is 53.1 Å². The zero-order valence-electron chi connectivity index (χ0n) is 15.2. The number of hydrogen-bond donors (Lipinski definition) is 0. The minimum Gasteiger partial charge on any atom is -0.497 e. The standard InChI is InChI=1S/C20H17FN2O5/c1-25-15-7-8-16(17(11-15)26-2)20-22-18(28-23-20)12-27-19(24)9-6-13-4-3-5-14(21)10-13/h3-11H,12H2,1-2H3/b9-6+. The van der Waals surface area contributed by atoms with E-state index in [9.17, 15) is 9.18 Å². The van der Waals surface area contributed by atoms with E-state index in [1.807, 2.05) is 0 Å². The minimum atomic E-state index is -0.619. The van der Waals surface area contributed by atoms with Crippen molar-refractivity contribution in [1.82, 2.24) is 10.1 Å². The van der Waals surface area contributed by atoms with Gasteiger partial charge in [0.05, 0.1) is 19.8 Å². The van der Waals surface area contributed by atoms with E-state index in [1.54, 1.807) is 37.4 Å². The van der Waals surface area contributed by atoms with Gasteiger partial charge in [-0.3, -0.25) is 0 Å². The van der Waals surface area contributed by atoms with E-state index in [4.69, 9.17) is 18.7 Å². The topological polar surface area (TPSA) is 83.7 Å². The Hall–Kier alpha value is -3.68. The number of halogens is 1. The van der Waals surface area contributed by atoms with E-state index in [2.05, 4.69) is 10.1 Å². The number of methoxy groups -OCH3 is 2. The molecule has 0 unspecified atom stereocenters. The first-order valence-corrected chi connectivity index (χ1v) is 8.24. The van der Waals surface area contributed by atoms with Crippen molar-refractivity contribution in [3.05, 3.63) is 65.8 Å². The second-order valence-corrected chi connectivity index (χ2v) is 5.57. The SMILES string of the molecule is COc1ccc(-c2noc(COC(=O)/C=C/c3cccc(F)c3)n2)c(OC)c1. The van der Waals surface area contributed by atoms with Crippen LogP contribution in [-0.2, 0) is 16.1 Å². The van der Waals surface area contributed by atoms with Crippen molar-refractivity contribution in [2.75, 3.05) is 14.2 Å². The minimum absolute atomic E-state index is 0.125. The molecule has 0 saturated heterocycles. The van der Waals surface area contributed by atoms with E-state index in [0.717, 1.165) is 0 Å². The van der Waals surface area contributed by atoms with E-state index < -0.39 is 5.97 Å². The maximum atomic E-state index is 13.1. The van der Waals surface area contributed by atoms with Gasteiger partial charge in [-0.15, -0.1) is 0 Å². The number of nitrogens with zero attached hydrogens (tertiary/aromatic N) is 2. The monoisotopic (exact) mass is 384 g/mol. The van der Waals surface area contributed by atoms with Crippen molar-refractivity contribution in [2.24, 2.45) is 0 Å². The molecule has 0 saturated carbocycles. The second-order valence-electron chi connectivity index (χ2n) is 5.57. The molecule has 0 aliphatic carbocycles. The van der Waals surface area contributed by atoms with Gasteiger partial charge in [0.25, 0.3) is 5.89 Å². The summed E-state index contributed by atoms with van der Waals surface area (Å²) in [6, 6.07) is 11.0. The quantitative estimate of drug-likeness (QED) is 0.454. The van der Waals surface area contributed by atoms with Gasteiger partial charge in [0.2, 0.25) is 5.82 Å². The zero-order chi connectivity index (χ0) is 19.9. The first kappa shape index (κ1) is 19.1. The third-order valence-electron chi connectivity index (χ3n) is 3.72. The van der Waals surface area contributed by atoms with Crippen molar-refractivity contribution >= 4 is 12.0 Å². The number of ether oxygens (including phenoxy) is 3. The smallest absolute Gasteiger partial charge is 0.331 e. The molecule has 28 heavy (non-hydrogen) atoms. The number of hydrogen-bond acceptors (Lipinski definition) is 7. The highest BCUT2D eigenvalue weighted by atomic mass is 19.1. The molecule has 0 N–H and O–H groups in total. The van der Waals surface area contributed by atoms with Crippen molar-refractivity contribution in [2.45, 2.75) is 6.61 Å². The normalized spacial score (nSPS) is 10.8. The summed E-state index contributed by atoms with van der Waals surface area (Å²) < 4.78 is 33.7. The molecule has 1 heterocycles. The van der Waals surface area contributed by atoms with E-state index in [0.29, 0.717) is 28.5 Å². The van der Waals surface area contributed by atoms with Crippen LogP contribution in [0.25, 0.3) is 17.5 Å². The Labute approximate surface area is 160 Å². The predicted octanol–water partition coefficient (Wildman–Crippen LogP) is 3.65. The lowest BCUT2D eigenvalue weighted by Gasteiger charge is -2.07. The molecule has 7 nitrogen and oxygen atoms in total. The largest absolute Gasteiger partial charge is 0.497 e. The van der Waals surface area contributed by atoms with Crippen molar-refractivity contribution in [1.29, 1.82) is 0 Å². The van der Waals surface area contributed by atoms with Crippen LogP contribution in [0.5, 0.6) is 11.5 Å². The average molecular weight is 384 g/mol. The van der Waals surface area contributed by atoms with Crippen molar-refractivity contribution in [3.8, 4) is 22.9 Å². The van der Waals surface area contributed by atoms with Gasteiger partial charge in [0.1, 0.15) is 17.3 Å². The molecule has 0 atom stereocenters. The third-order valence-corrected chi connectivity index (χ3v) is 3.72. The molecule has 0 aliphatic rings. The van der Waals surface area contributed by atoms with Crippen LogP contribution in [0.4, 0.5) is 4.39 Å². The maximum Gasteiger partial charge on any atom is 0.331 e. The fourth-order valence-electron chi connectivity index (χ4n) is 2.36. The Morgan fingerprint density at radius 2 is 2.04 bits per heavy atom. The summed E-state index contributed by atoms with van der Waals surface area (Å²) in [4.78, 5) is 16.0. The molecule has 3 rings (SSSR count). The highest BCUT2D eigenvalue weighted by molar-refractivity contribution is 5.87.